The maximum Gasteiger partial charge on any atom is 0.336 e. The maximum atomic E-state index is 13.4. The zero-order chi connectivity index (χ0) is 15.7. The molecular formula is C15H22FNO4. The Morgan fingerprint density at radius 3 is 2.57 bits per heavy atom. The molecule has 0 fully saturated rings. The Labute approximate surface area is 124 Å². The van der Waals surface area contributed by atoms with Crippen LogP contribution >= 0.6 is 0 Å². The van der Waals surface area contributed by atoms with Crippen LogP contribution in [0.3, 0.4) is 0 Å². The molecule has 0 aliphatic heterocycles. The van der Waals surface area contributed by atoms with Crippen molar-refractivity contribution in [3.63, 3.8) is 0 Å². The topological polar surface area (TPSA) is 59.0 Å². The second-order valence-corrected chi connectivity index (χ2v) is 4.72. The largest absolute Gasteiger partial charge is 0.478 e. The van der Waals surface area contributed by atoms with Gasteiger partial charge < -0.3 is 14.6 Å². The fourth-order valence-corrected chi connectivity index (χ4v) is 2.07. The molecule has 0 aromatic heterocycles. The zero-order valence-electron chi connectivity index (χ0n) is 12.5. The molecule has 118 valence electrons. The van der Waals surface area contributed by atoms with Crippen LogP contribution < -0.4 is 0 Å². The van der Waals surface area contributed by atoms with Gasteiger partial charge in [-0.25, -0.2) is 9.18 Å². The highest BCUT2D eigenvalue weighted by Gasteiger charge is 2.14. The summed E-state index contributed by atoms with van der Waals surface area (Å²) in [4.78, 5) is 13.2. The van der Waals surface area contributed by atoms with Crippen molar-refractivity contribution >= 4 is 5.97 Å². The molecule has 1 aromatic carbocycles. The first-order valence-electron chi connectivity index (χ1n) is 6.80. The van der Waals surface area contributed by atoms with Crippen LogP contribution in [0, 0.1) is 5.82 Å². The third kappa shape index (κ3) is 6.20. The molecule has 0 atom stereocenters. The molecular weight excluding hydrogens is 277 g/mol. The van der Waals surface area contributed by atoms with Crippen molar-refractivity contribution in [1.82, 2.24) is 4.90 Å². The van der Waals surface area contributed by atoms with Gasteiger partial charge in [0.1, 0.15) is 5.82 Å². The number of halogens is 1. The number of hydrogen-bond donors (Lipinski definition) is 1. The molecule has 0 saturated heterocycles. The number of methoxy groups -OCH3 is 2. The summed E-state index contributed by atoms with van der Waals surface area (Å²) in [7, 11) is 3.24. The molecule has 1 rings (SSSR count). The minimum absolute atomic E-state index is 0.130. The molecule has 0 saturated carbocycles. The van der Waals surface area contributed by atoms with Gasteiger partial charge in [-0.2, -0.15) is 0 Å². The number of carbonyl (C=O) groups is 1. The minimum atomic E-state index is -1.05. The molecule has 0 heterocycles. The van der Waals surface area contributed by atoms with Crippen LogP contribution in [-0.4, -0.2) is 56.5 Å². The molecule has 0 bridgehead atoms. The van der Waals surface area contributed by atoms with E-state index in [9.17, 15) is 14.3 Å². The Morgan fingerprint density at radius 2 is 1.95 bits per heavy atom. The number of benzene rings is 1. The molecule has 0 aliphatic rings. The Hall–Kier alpha value is -1.50. The number of carboxylic acid groups (broad SMARTS) is 1. The van der Waals surface area contributed by atoms with E-state index in [-0.39, 0.29) is 5.56 Å². The summed E-state index contributed by atoms with van der Waals surface area (Å²) >= 11 is 0. The van der Waals surface area contributed by atoms with E-state index in [0.29, 0.717) is 31.9 Å². The Kier molecular flexibility index (Phi) is 7.89. The van der Waals surface area contributed by atoms with Crippen LogP contribution in [0.4, 0.5) is 4.39 Å². The molecule has 0 aliphatic carbocycles. The average Bonchev–Trinajstić information content (AvgIpc) is 2.44. The first-order chi connectivity index (χ1) is 10.1. The third-order valence-electron chi connectivity index (χ3n) is 3.13. The zero-order valence-corrected chi connectivity index (χ0v) is 12.5. The second-order valence-electron chi connectivity index (χ2n) is 4.72. The summed E-state index contributed by atoms with van der Waals surface area (Å²) in [5.41, 5.74) is 0.599. The molecule has 6 heteroatoms. The highest BCUT2D eigenvalue weighted by atomic mass is 19.1. The van der Waals surface area contributed by atoms with Crippen molar-refractivity contribution in [2.75, 3.05) is 40.5 Å². The van der Waals surface area contributed by atoms with E-state index in [0.717, 1.165) is 19.0 Å². The summed E-state index contributed by atoms with van der Waals surface area (Å²) in [6.45, 7) is 2.90. The quantitative estimate of drug-likeness (QED) is 0.670. The van der Waals surface area contributed by atoms with E-state index in [2.05, 4.69) is 0 Å². The van der Waals surface area contributed by atoms with Gasteiger partial charge in [0.05, 0.1) is 12.2 Å². The van der Waals surface area contributed by atoms with Crippen LogP contribution in [0.1, 0.15) is 22.3 Å². The Morgan fingerprint density at radius 1 is 1.24 bits per heavy atom. The maximum absolute atomic E-state index is 13.4. The van der Waals surface area contributed by atoms with Crippen molar-refractivity contribution in [2.45, 2.75) is 13.0 Å². The molecule has 5 nitrogen and oxygen atoms in total. The lowest BCUT2D eigenvalue weighted by molar-refractivity contribution is 0.0693. The number of nitrogens with zero attached hydrogens (tertiary/aromatic N) is 1. The first kappa shape index (κ1) is 17.6. The Balaban J connectivity index is 2.80. The standard InChI is InChI=1S/C15H22FNO4/c1-20-8-3-6-17(7-9-21-2)11-12-10-13(16)4-5-14(12)15(18)19/h4-5,10H,3,6-9,11H2,1-2H3,(H,18,19). The van der Waals surface area contributed by atoms with Gasteiger partial charge >= 0.3 is 5.97 Å². The minimum Gasteiger partial charge on any atom is -0.478 e. The lowest BCUT2D eigenvalue weighted by atomic mass is 10.1. The fourth-order valence-electron chi connectivity index (χ4n) is 2.07. The number of ether oxygens (including phenoxy) is 2. The van der Waals surface area contributed by atoms with E-state index in [4.69, 9.17) is 9.47 Å². The number of carboxylic acids is 1. The normalized spacial score (nSPS) is 11.0. The average molecular weight is 299 g/mol. The lowest BCUT2D eigenvalue weighted by Crippen LogP contribution is -2.29. The predicted octanol–water partition coefficient (Wildman–Crippen LogP) is 2.01. The predicted molar refractivity (Wildman–Crippen MR) is 77.0 cm³/mol. The fraction of sp³-hybridized carbons (Fsp3) is 0.533. The van der Waals surface area contributed by atoms with Crippen LogP contribution in [0.2, 0.25) is 0 Å². The van der Waals surface area contributed by atoms with Crippen LogP contribution in [0.25, 0.3) is 0 Å². The van der Waals surface area contributed by atoms with Gasteiger partial charge in [-0.05, 0) is 30.2 Å². The summed E-state index contributed by atoms with van der Waals surface area (Å²) in [5.74, 6) is -1.48. The number of hydrogen-bond acceptors (Lipinski definition) is 4. The molecule has 0 spiro atoms. The summed E-state index contributed by atoms with van der Waals surface area (Å²) < 4.78 is 23.4. The monoisotopic (exact) mass is 299 g/mol. The third-order valence-corrected chi connectivity index (χ3v) is 3.13. The van der Waals surface area contributed by atoms with Crippen LogP contribution in [-0.2, 0) is 16.0 Å². The SMILES string of the molecule is COCCCN(CCOC)Cc1cc(F)ccc1C(=O)O. The number of aromatic carboxylic acids is 1. The highest BCUT2D eigenvalue weighted by molar-refractivity contribution is 5.89. The van der Waals surface area contributed by atoms with E-state index in [1.165, 1.54) is 12.1 Å². The highest BCUT2D eigenvalue weighted by Crippen LogP contribution is 2.14. The smallest absolute Gasteiger partial charge is 0.336 e. The summed E-state index contributed by atoms with van der Waals surface area (Å²) in [6.07, 6.45) is 0.817. The first-order valence-corrected chi connectivity index (χ1v) is 6.80. The molecule has 0 amide bonds. The van der Waals surface area contributed by atoms with Crippen molar-refractivity contribution in [3.05, 3.63) is 35.1 Å². The molecule has 1 N–H and O–H groups in total. The van der Waals surface area contributed by atoms with E-state index >= 15 is 0 Å². The van der Waals surface area contributed by atoms with Crippen molar-refractivity contribution < 1.29 is 23.8 Å². The Bertz CT molecular complexity index is 453. The van der Waals surface area contributed by atoms with Gasteiger partial charge in [0.15, 0.2) is 0 Å². The van der Waals surface area contributed by atoms with E-state index in [1.54, 1.807) is 14.2 Å². The molecule has 0 unspecified atom stereocenters. The molecule has 0 radical (unpaired) electrons. The van der Waals surface area contributed by atoms with Crippen molar-refractivity contribution in [2.24, 2.45) is 0 Å². The van der Waals surface area contributed by atoms with Gasteiger partial charge in [0.25, 0.3) is 0 Å². The van der Waals surface area contributed by atoms with Gasteiger partial charge in [0.2, 0.25) is 0 Å². The van der Waals surface area contributed by atoms with Gasteiger partial charge in [-0.1, -0.05) is 0 Å². The summed E-state index contributed by atoms with van der Waals surface area (Å²) in [5, 5.41) is 9.17. The lowest BCUT2D eigenvalue weighted by Gasteiger charge is -2.22. The van der Waals surface area contributed by atoms with Gasteiger partial charge in [-0.15, -0.1) is 0 Å². The van der Waals surface area contributed by atoms with Gasteiger partial charge in [-0.3, -0.25) is 4.90 Å². The second kappa shape index (κ2) is 9.44. The van der Waals surface area contributed by atoms with Crippen molar-refractivity contribution in [3.8, 4) is 0 Å². The van der Waals surface area contributed by atoms with Crippen LogP contribution in [0.5, 0.6) is 0 Å². The van der Waals surface area contributed by atoms with E-state index < -0.39 is 11.8 Å². The van der Waals surface area contributed by atoms with Crippen LogP contribution in [0.15, 0.2) is 18.2 Å². The van der Waals surface area contributed by atoms with Crippen molar-refractivity contribution in [1.29, 1.82) is 0 Å². The van der Waals surface area contributed by atoms with Gasteiger partial charge in [0, 0.05) is 40.5 Å². The molecule has 21 heavy (non-hydrogen) atoms. The summed E-state index contributed by atoms with van der Waals surface area (Å²) in [6, 6.07) is 3.74. The number of rotatable bonds is 10. The molecule has 1 aromatic rings. The van der Waals surface area contributed by atoms with E-state index in [1.807, 2.05) is 4.90 Å².